The van der Waals surface area contributed by atoms with Crippen LogP contribution in [0, 0.1) is 0 Å². The zero-order valence-corrected chi connectivity index (χ0v) is 15.0. The Morgan fingerprint density at radius 2 is 1.72 bits per heavy atom. The number of aryl methyl sites for hydroxylation is 1. The number of thiophene rings is 1. The Balaban J connectivity index is 1.83. The minimum atomic E-state index is -0.444. The van der Waals surface area contributed by atoms with Gasteiger partial charge in [0.25, 0.3) is 0 Å². The number of benzene rings is 2. The highest BCUT2D eigenvalue weighted by atomic mass is 32.1. The van der Waals surface area contributed by atoms with Crippen LogP contribution in [-0.4, -0.2) is 19.0 Å². The molecule has 0 atom stereocenters. The molecule has 1 amide bonds. The molecule has 0 aliphatic carbocycles. The molecule has 4 nitrogen and oxygen atoms in total. The van der Waals surface area contributed by atoms with Crippen molar-refractivity contribution in [3.8, 4) is 0 Å². The lowest BCUT2D eigenvalue weighted by molar-refractivity contribution is -0.115. The lowest BCUT2D eigenvalue weighted by Gasteiger charge is -2.06. The Bertz CT molecular complexity index is 912. The lowest BCUT2D eigenvalue weighted by Crippen LogP contribution is -2.16. The van der Waals surface area contributed by atoms with E-state index in [0.717, 1.165) is 22.1 Å². The van der Waals surface area contributed by atoms with Crippen molar-refractivity contribution in [2.45, 2.75) is 19.8 Å². The molecule has 0 spiro atoms. The SMILES string of the molecule is CCc1ccc(CC(=O)Nc2sc3ccccc3c2C(=O)OC)cc1. The number of esters is 1. The number of carbonyl (C=O) groups is 2. The number of hydrogen-bond donors (Lipinski definition) is 1. The highest BCUT2D eigenvalue weighted by molar-refractivity contribution is 7.23. The van der Waals surface area contributed by atoms with Gasteiger partial charge in [0.1, 0.15) is 10.6 Å². The number of anilines is 1. The van der Waals surface area contributed by atoms with E-state index in [1.807, 2.05) is 48.5 Å². The third kappa shape index (κ3) is 3.72. The zero-order valence-electron chi connectivity index (χ0n) is 14.2. The van der Waals surface area contributed by atoms with Gasteiger partial charge < -0.3 is 10.1 Å². The second kappa shape index (κ2) is 7.49. The van der Waals surface area contributed by atoms with Crippen LogP contribution in [0.15, 0.2) is 48.5 Å². The number of amides is 1. The Morgan fingerprint density at radius 3 is 2.40 bits per heavy atom. The Hall–Kier alpha value is -2.66. The van der Waals surface area contributed by atoms with Gasteiger partial charge in [0, 0.05) is 10.1 Å². The fraction of sp³-hybridized carbons (Fsp3) is 0.200. The number of hydrogen-bond acceptors (Lipinski definition) is 4. The van der Waals surface area contributed by atoms with E-state index in [1.54, 1.807) is 0 Å². The van der Waals surface area contributed by atoms with Gasteiger partial charge in [-0.25, -0.2) is 4.79 Å². The van der Waals surface area contributed by atoms with Crippen LogP contribution in [-0.2, 0) is 22.4 Å². The summed E-state index contributed by atoms with van der Waals surface area (Å²) in [5.74, 6) is -0.596. The monoisotopic (exact) mass is 353 g/mol. The molecule has 25 heavy (non-hydrogen) atoms. The van der Waals surface area contributed by atoms with Gasteiger partial charge in [-0.3, -0.25) is 4.79 Å². The highest BCUT2D eigenvalue weighted by Crippen LogP contribution is 2.36. The standard InChI is InChI=1S/C20H19NO3S/c1-3-13-8-10-14(11-9-13)12-17(22)21-19-18(20(23)24-2)15-6-4-5-7-16(15)25-19/h4-11H,3,12H2,1-2H3,(H,21,22). The van der Waals surface area contributed by atoms with Gasteiger partial charge in [-0.15, -0.1) is 11.3 Å². The third-order valence-corrected chi connectivity index (χ3v) is 5.12. The first-order valence-electron chi connectivity index (χ1n) is 8.10. The van der Waals surface area contributed by atoms with Crippen molar-refractivity contribution < 1.29 is 14.3 Å². The van der Waals surface area contributed by atoms with Crippen molar-refractivity contribution in [1.82, 2.24) is 0 Å². The van der Waals surface area contributed by atoms with Crippen LogP contribution in [0.1, 0.15) is 28.4 Å². The van der Waals surface area contributed by atoms with Crippen LogP contribution in [0.4, 0.5) is 5.00 Å². The van der Waals surface area contributed by atoms with Crippen LogP contribution in [0.2, 0.25) is 0 Å². The molecule has 1 aromatic heterocycles. The van der Waals surface area contributed by atoms with Crippen molar-refractivity contribution in [2.24, 2.45) is 0 Å². The van der Waals surface area contributed by atoms with Crippen LogP contribution in [0.5, 0.6) is 0 Å². The normalized spacial score (nSPS) is 10.6. The average Bonchev–Trinajstić information content (AvgIpc) is 2.99. The molecular formula is C20H19NO3S. The molecule has 128 valence electrons. The summed E-state index contributed by atoms with van der Waals surface area (Å²) in [4.78, 5) is 24.6. The van der Waals surface area contributed by atoms with Crippen molar-refractivity contribution >= 4 is 38.3 Å². The quantitative estimate of drug-likeness (QED) is 0.690. The van der Waals surface area contributed by atoms with E-state index in [2.05, 4.69) is 12.2 Å². The number of rotatable bonds is 5. The van der Waals surface area contributed by atoms with Gasteiger partial charge in [-0.2, -0.15) is 0 Å². The molecule has 0 aliphatic heterocycles. The molecule has 3 rings (SSSR count). The molecule has 0 fully saturated rings. The Labute approximate surface area is 150 Å². The lowest BCUT2D eigenvalue weighted by atomic mass is 10.1. The molecule has 0 unspecified atom stereocenters. The maximum absolute atomic E-state index is 12.4. The van der Waals surface area contributed by atoms with E-state index < -0.39 is 5.97 Å². The number of carbonyl (C=O) groups excluding carboxylic acids is 2. The first-order valence-corrected chi connectivity index (χ1v) is 8.91. The summed E-state index contributed by atoms with van der Waals surface area (Å²) in [5, 5.41) is 4.20. The molecule has 1 N–H and O–H groups in total. The predicted octanol–water partition coefficient (Wildman–Crippen LogP) is 4.43. The molecule has 1 heterocycles. The van der Waals surface area contributed by atoms with E-state index in [0.29, 0.717) is 10.6 Å². The van der Waals surface area contributed by atoms with Gasteiger partial charge in [0.05, 0.1) is 13.5 Å². The molecule has 0 saturated heterocycles. The molecule has 3 aromatic rings. The molecule has 0 radical (unpaired) electrons. The number of methoxy groups -OCH3 is 1. The van der Waals surface area contributed by atoms with E-state index in [1.165, 1.54) is 24.0 Å². The highest BCUT2D eigenvalue weighted by Gasteiger charge is 2.21. The largest absolute Gasteiger partial charge is 0.465 e. The Kier molecular flexibility index (Phi) is 5.14. The molecular weight excluding hydrogens is 334 g/mol. The summed E-state index contributed by atoms with van der Waals surface area (Å²) >= 11 is 1.38. The molecule has 0 bridgehead atoms. The van der Waals surface area contributed by atoms with Crippen LogP contribution >= 0.6 is 11.3 Å². The maximum Gasteiger partial charge on any atom is 0.341 e. The number of nitrogens with one attached hydrogen (secondary N) is 1. The molecule has 0 aliphatic rings. The first-order chi connectivity index (χ1) is 12.1. The second-order valence-corrected chi connectivity index (χ2v) is 6.74. The van der Waals surface area contributed by atoms with Gasteiger partial charge >= 0.3 is 5.97 Å². The minimum Gasteiger partial charge on any atom is -0.465 e. The summed E-state index contributed by atoms with van der Waals surface area (Å²) in [5.41, 5.74) is 2.59. The van der Waals surface area contributed by atoms with E-state index in [4.69, 9.17) is 4.74 Å². The van der Waals surface area contributed by atoms with Gasteiger partial charge in [0.2, 0.25) is 5.91 Å². The van der Waals surface area contributed by atoms with Gasteiger partial charge in [-0.1, -0.05) is 49.4 Å². The second-order valence-electron chi connectivity index (χ2n) is 5.69. The molecule has 2 aromatic carbocycles. The molecule has 0 saturated carbocycles. The Morgan fingerprint density at radius 1 is 1.04 bits per heavy atom. The van der Waals surface area contributed by atoms with Crippen molar-refractivity contribution in [3.05, 3.63) is 65.2 Å². The van der Waals surface area contributed by atoms with Crippen LogP contribution in [0.3, 0.4) is 0 Å². The maximum atomic E-state index is 12.4. The van der Waals surface area contributed by atoms with Gasteiger partial charge in [-0.05, 0) is 23.6 Å². The van der Waals surface area contributed by atoms with Crippen molar-refractivity contribution in [3.63, 3.8) is 0 Å². The average molecular weight is 353 g/mol. The fourth-order valence-electron chi connectivity index (χ4n) is 2.69. The number of ether oxygens (including phenoxy) is 1. The first kappa shape index (κ1) is 17.2. The van der Waals surface area contributed by atoms with E-state index in [-0.39, 0.29) is 12.3 Å². The van der Waals surface area contributed by atoms with E-state index in [9.17, 15) is 9.59 Å². The minimum absolute atomic E-state index is 0.152. The third-order valence-electron chi connectivity index (χ3n) is 4.03. The number of fused-ring (bicyclic) bond motifs is 1. The van der Waals surface area contributed by atoms with Crippen LogP contribution in [0.25, 0.3) is 10.1 Å². The van der Waals surface area contributed by atoms with Crippen LogP contribution < -0.4 is 5.32 Å². The van der Waals surface area contributed by atoms with Crippen molar-refractivity contribution in [1.29, 1.82) is 0 Å². The zero-order chi connectivity index (χ0) is 17.8. The van der Waals surface area contributed by atoms with Crippen molar-refractivity contribution in [2.75, 3.05) is 12.4 Å². The smallest absolute Gasteiger partial charge is 0.341 e. The summed E-state index contributed by atoms with van der Waals surface area (Å²) < 4.78 is 5.82. The summed E-state index contributed by atoms with van der Waals surface area (Å²) in [7, 11) is 1.34. The summed E-state index contributed by atoms with van der Waals surface area (Å²) in [6, 6.07) is 15.5. The topological polar surface area (TPSA) is 55.4 Å². The predicted molar refractivity (Wildman–Crippen MR) is 101 cm³/mol. The summed E-state index contributed by atoms with van der Waals surface area (Å²) in [6.45, 7) is 2.09. The molecule has 5 heteroatoms. The fourth-order valence-corrected chi connectivity index (χ4v) is 3.79. The van der Waals surface area contributed by atoms with E-state index >= 15 is 0 Å². The summed E-state index contributed by atoms with van der Waals surface area (Å²) in [6.07, 6.45) is 1.23. The van der Waals surface area contributed by atoms with Gasteiger partial charge in [0.15, 0.2) is 0 Å².